The summed E-state index contributed by atoms with van der Waals surface area (Å²) in [6.07, 6.45) is 3.70. The first kappa shape index (κ1) is 12.9. The van der Waals surface area contributed by atoms with Crippen molar-refractivity contribution in [2.75, 3.05) is 5.88 Å². The lowest BCUT2D eigenvalue weighted by molar-refractivity contribution is 0.581. The van der Waals surface area contributed by atoms with Crippen molar-refractivity contribution in [3.63, 3.8) is 0 Å². The molecule has 1 N–H and O–H groups in total. The van der Waals surface area contributed by atoms with Crippen LogP contribution in [-0.4, -0.2) is 20.3 Å². The number of halogens is 1. The summed E-state index contributed by atoms with van der Waals surface area (Å²) in [5.74, 6) is 0.628. The summed E-state index contributed by atoms with van der Waals surface area (Å²) in [4.78, 5) is 0.346. The van der Waals surface area contributed by atoms with Crippen molar-refractivity contribution in [1.82, 2.24) is 4.72 Å². The van der Waals surface area contributed by atoms with Gasteiger partial charge < -0.3 is 0 Å². The highest BCUT2D eigenvalue weighted by molar-refractivity contribution is 7.89. The van der Waals surface area contributed by atoms with Gasteiger partial charge >= 0.3 is 0 Å². The number of hydrogen-bond acceptors (Lipinski definition) is 2. The van der Waals surface area contributed by atoms with Gasteiger partial charge in [0.2, 0.25) is 10.0 Å². The minimum atomic E-state index is -3.31. The highest BCUT2D eigenvalue weighted by atomic mass is 35.5. The third kappa shape index (κ3) is 3.69. The highest BCUT2D eigenvalue weighted by Crippen LogP contribution is 2.22. The van der Waals surface area contributed by atoms with Gasteiger partial charge in [-0.05, 0) is 43.4 Å². The predicted molar refractivity (Wildman–Crippen MR) is 68.8 cm³/mol. The van der Waals surface area contributed by atoms with E-state index in [9.17, 15) is 8.42 Å². The summed E-state index contributed by atoms with van der Waals surface area (Å²) in [6.45, 7) is 0. The van der Waals surface area contributed by atoms with Crippen molar-refractivity contribution < 1.29 is 8.42 Å². The van der Waals surface area contributed by atoms with Crippen LogP contribution in [0.2, 0.25) is 0 Å². The molecule has 0 bridgehead atoms. The van der Waals surface area contributed by atoms with Gasteiger partial charge in [-0.25, -0.2) is 13.1 Å². The molecule has 3 nitrogen and oxygen atoms in total. The average molecular weight is 274 g/mol. The summed E-state index contributed by atoms with van der Waals surface area (Å²) in [5, 5.41) is 0. The first-order valence-electron chi connectivity index (χ1n) is 5.79. The minimum Gasteiger partial charge on any atom is -0.208 e. The molecule has 0 amide bonds. The molecule has 0 atom stereocenters. The highest BCUT2D eigenvalue weighted by Gasteiger charge is 2.27. The van der Waals surface area contributed by atoms with E-state index in [0.717, 1.165) is 31.2 Å². The standard InChI is InChI=1S/C12H16ClNO2S/c13-9-1-2-10-3-7-12(8-4-10)17(15,16)14-11-5-6-11/h3-4,7-8,11,14H,1-2,5-6,9H2. The lowest BCUT2D eigenvalue weighted by Crippen LogP contribution is -2.25. The number of benzene rings is 1. The lowest BCUT2D eigenvalue weighted by atomic mass is 10.1. The van der Waals surface area contributed by atoms with E-state index in [-0.39, 0.29) is 6.04 Å². The van der Waals surface area contributed by atoms with Crippen LogP contribution in [0.5, 0.6) is 0 Å². The zero-order valence-electron chi connectivity index (χ0n) is 9.52. The molecule has 1 saturated carbocycles. The molecular weight excluding hydrogens is 258 g/mol. The van der Waals surface area contributed by atoms with Crippen LogP contribution in [0, 0.1) is 0 Å². The SMILES string of the molecule is O=S(=O)(NC1CC1)c1ccc(CCCCl)cc1. The van der Waals surface area contributed by atoms with Crippen LogP contribution in [0.4, 0.5) is 0 Å². The van der Waals surface area contributed by atoms with E-state index in [0.29, 0.717) is 10.8 Å². The van der Waals surface area contributed by atoms with Crippen molar-refractivity contribution in [1.29, 1.82) is 0 Å². The van der Waals surface area contributed by atoms with Crippen LogP contribution in [0.15, 0.2) is 29.2 Å². The Morgan fingerprint density at radius 1 is 1.24 bits per heavy atom. The van der Waals surface area contributed by atoms with E-state index in [4.69, 9.17) is 11.6 Å². The summed E-state index contributed by atoms with van der Waals surface area (Å²) < 4.78 is 26.4. The molecule has 5 heteroatoms. The Morgan fingerprint density at radius 2 is 1.88 bits per heavy atom. The van der Waals surface area contributed by atoms with Crippen LogP contribution in [0.3, 0.4) is 0 Å². The number of alkyl halides is 1. The van der Waals surface area contributed by atoms with Gasteiger partial charge in [0.15, 0.2) is 0 Å². The van der Waals surface area contributed by atoms with Gasteiger partial charge in [-0.15, -0.1) is 11.6 Å². The number of rotatable bonds is 6. The van der Waals surface area contributed by atoms with Crippen molar-refractivity contribution >= 4 is 21.6 Å². The van der Waals surface area contributed by atoms with E-state index < -0.39 is 10.0 Å². The Hall–Kier alpha value is -0.580. The number of hydrogen-bond donors (Lipinski definition) is 1. The van der Waals surface area contributed by atoms with E-state index in [1.807, 2.05) is 12.1 Å². The van der Waals surface area contributed by atoms with Crippen LogP contribution < -0.4 is 4.72 Å². The Bertz CT molecular complexity index is 466. The van der Waals surface area contributed by atoms with E-state index in [1.165, 1.54) is 0 Å². The summed E-state index contributed by atoms with van der Waals surface area (Å²) >= 11 is 5.61. The topological polar surface area (TPSA) is 46.2 Å². The van der Waals surface area contributed by atoms with E-state index >= 15 is 0 Å². The monoisotopic (exact) mass is 273 g/mol. The quantitative estimate of drug-likeness (QED) is 0.809. The largest absolute Gasteiger partial charge is 0.240 e. The van der Waals surface area contributed by atoms with Crippen molar-refractivity contribution in [3.8, 4) is 0 Å². The van der Waals surface area contributed by atoms with E-state index in [1.54, 1.807) is 12.1 Å². The van der Waals surface area contributed by atoms with E-state index in [2.05, 4.69) is 4.72 Å². The number of aryl methyl sites for hydroxylation is 1. The smallest absolute Gasteiger partial charge is 0.208 e. The Labute approximate surface area is 107 Å². The normalized spacial score (nSPS) is 16.1. The molecule has 0 radical (unpaired) electrons. The molecule has 1 aromatic rings. The molecule has 0 saturated heterocycles. The van der Waals surface area contributed by atoms with Gasteiger partial charge in [0.05, 0.1) is 4.90 Å². The van der Waals surface area contributed by atoms with Crippen LogP contribution in [-0.2, 0) is 16.4 Å². The molecule has 17 heavy (non-hydrogen) atoms. The van der Waals surface area contributed by atoms with Gasteiger partial charge in [-0.3, -0.25) is 0 Å². The third-order valence-electron chi connectivity index (χ3n) is 2.73. The first-order chi connectivity index (χ1) is 8.12. The molecule has 0 spiro atoms. The molecule has 0 aromatic heterocycles. The molecule has 1 fully saturated rings. The fourth-order valence-corrected chi connectivity index (χ4v) is 3.03. The Kier molecular flexibility index (Phi) is 4.07. The maximum Gasteiger partial charge on any atom is 0.240 e. The maximum absolute atomic E-state index is 11.9. The molecule has 2 rings (SSSR count). The molecular formula is C12H16ClNO2S. The summed E-state index contributed by atoms with van der Waals surface area (Å²) in [6, 6.07) is 7.18. The van der Waals surface area contributed by atoms with Gasteiger partial charge in [-0.2, -0.15) is 0 Å². The number of sulfonamides is 1. The van der Waals surface area contributed by atoms with Crippen LogP contribution in [0.25, 0.3) is 0 Å². The Morgan fingerprint density at radius 3 is 2.41 bits per heavy atom. The summed E-state index contributed by atoms with van der Waals surface area (Å²) in [5.41, 5.74) is 1.12. The van der Waals surface area contributed by atoms with Crippen molar-refractivity contribution in [2.45, 2.75) is 36.6 Å². The third-order valence-corrected chi connectivity index (χ3v) is 4.54. The first-order valence-corrected chi connectivity index (χ1v) is 7.81. The summed E-state index contributed by atoms with van der Waals surface area (Å²) in [7, 11) is -3.31. The zero-order chi connectivity index (χ0) is 12.3. The van der Waals surface area contributed by atoms with Gasteiger partial charge in [0.25, 0.3) is 0 Å². The molecule has 1 aliphatic rings. The minimum absolute atomic E-state index is 0.149. The van der Waals surface area contributed by atoms with Crippen molar-refractivity contribution in [2.24, 2.45) is 0 Å². The van der Waals surface area contributed by atoms with Gasteiger partial charge in [0.1, 0.15) is 0 Å². The van der Waals surface area contributed by atoms with Crippen LogP contribution >= 0.6 is 11.6 Å². The van der Waals surface area contributed by atoms with Crippen molar-refractivity contribution in [3.05, 3.63) is 29.8 Å². The van der Waals surface area contributed by atoms with Gasteiger partial charge in [0, 0.05) is 11.9 Å². The molecule has 0 unspecified atom stereocenters. The fraction of sp³-hybridized carbons (Fsp3) is 0.500. The molecule has 94 valence electrons. The molecule has 1 aromatic carbocycles. The second-order valence-corrected chi connectivity index (χ2v) is 6.42. The Balaban J connectivity index is 2.05. The second-order valence-electron chi connectivity index (χ2n) is 4.33. The molecule has 0 heterocycles. The maximum atomic E-state index is 11.9. The number of nitrogens with one attached hydrogen (secondary N) is 1. The fourth-order valence-electron chi connectivity index (χ4n) is 1.59. The van der Waals surface area contributed by atoms with Gasteiger partial charge in [-0.1, -0.05) is 12.1 Å². The lowest BCUT2D eigenvalue weighted by Gasteiger charge is -2.06. The molecule has 0 aliphatic heterocycles. The average Bonchev–Trinajstić information content (AvgIpc) is 3.10. The predicted octanol–water partition coefficient (Wildman–Crippen LogP) is 2.30. The zero-order valence-corrected chi connectivity index (χ0v) is 11.1. The second kappa shape index (κ2) is 5.38. The van der Waals surface area contributed by atoms with Crippen LogP contribution in [0.1, 0.15) is 24.8 Å². The molecule has 1 aliphatic carbocycles.